The van der Waals surface area contributed by atoms with Gasteiger partial charge in [-0.15, -0.1) is 0 Å². The van der Waals surface area contributed by atoms with Gasteiger partial charge in [-0.05, 0) is 25.0 Å². The van der Waals surface area contributed by atoms with Gasteiger partial charge in [0.25, 0.3) is 0 Å². The predicted octanol–water partition coefficient (Wildman–Crippen LogP) is 2.52. The summed E-state index contributed by atoms with van der Waals surface area (Å²) in [5.74, 6) is 2.22. The Morgan fingerprint density at radius 2 is 2.25 bits per heavy atom. The second-order valence-corrected chi connectivity index (χ2v) is 4.64. The molecule has 0 aromatic rings. The summed E-state index contributed by atoms with van der Waals surface area (Å²) in [6.45, 7) is 3.52. The van der Waals surface area contributed by atoms with Gasteiger partial charge in [0.15, 0.2) is 0 Å². The summed E-state index contributed by atoms with van der Waals surface area (Å²) < 4.78 is 0. The largest absolute Gasteiger partial charge is 0.313 e. The fourth-order valence-electron chi connectivity index (χ4n) is 2.14. The quantitative estimate of drug-likeness (QED) is 0.664. The van der Waals surface area contributed by atoms with Gasteiger partial charge in [0.2, 0.25) is 0 Å². The van der Waals surface area contributed by atoms with E-state index in [-0.39, 0.29) is 0 Å². The number of thioether (sulfide) groups is 1. The molecule has 1 fully saturated rings. The van der Waals surface area contributed by atoms with E-state index in [1.807, 2.05) is 11.8 Å². The van der Waals surface area contributed by atoms with Gasteiger partial charge in [0.05, 0.1) is 0 Å². The third-order valence-electron chi connectivity index (χ3n) is 2.90. The van der Waals surface area contributed by atoms with Crippen molar-refractivity contribution >= 4 is 11.8 Å². The van der Waals surface area contributed by atoms with Crippen molar-refractivity contribution in [2.75, 3.05) is 18.6 Å². The monoisotopic (exact) mass is 187 g/mol. The second-order valence-electron chi connectivity index (χ2n) is 3.65. The Labute approximate surface area is 80.7 Å². The van der Waals surface area contributed by atoms with E-state index in [4.69, 9.17) is 0 Å². The van der Waals surface area contributed by atoms with Crippen molar-refractivity contribution < 1.29 is 0 Å². The lowest BCUT2D eigenvalue weighted by molar-refractivity contribution is 0.399. The molecule has 0 aromatic heterocycles. The van der Waals surface area contributed by atoms with Crippen LogP contribution in [0, 0.1) is 5.92 Å². The molecule has 0 heterocycles. The van der Waals surface area contributed by atoms with E-state index in [9.17, 15) is 0 Å². The molecule has 1 N–H and O–H groups in total. The normalized spacial score (nSPS) is 29.5. The van der Waals surface area contributed by atoms with Gasteiger partial charge in [-0.2, -0.15) is 11.8 Å². The maximum absolute atomic E-state index is 3.66. The van der Waals surface area contributed by atoms with Gasteiger partial charge >= 0.3 is 0 Å². The summed E-state index contributed by atoms with van der Waals surface area (Å²) >= 11 is 1.93. The van der Waals surface area contributed by atoms with Gasteiger partial charge in [-0.1, -0.05) is 19.8 Å². The molecule has 0 spiro atoms. The molecule has 2 atom stereocenters. The maximum Gasteiger partial charge on any atom is 0.00955 e. The molecular weight excluding hydrogens is 166 g/mol. The lowest BCUT2D eigenvalue weighted by Crippen LogP contribution is -2.33. The number of hydrogen-bond acceptors (Lipinski definition) is 2. The van der Waals surface area contributed by atoms with Crippen LogP contribution in [-0.2, 0) is 0 Å². The highest BCUT2D eigenvalue weighted by Gasteiger charge is 2.24. The fourth-order valence-corrected chi connectivity index (χ4v) is 2.46. The van der Waals surface area contributed by atoms with Gasteiger partial charge in [-0.3, -0.25) is 0 Å². The molecule has 1 saturated carbocycles. The second kappa shape index (κ2) is 5.87. The van der Waals surface area contributed by atoms with E-state index in [1.54, 1.807) is 0 Å². The summed E-state index contributed by atoms with van der Waals surface area (Å²) in [6.07, 6.45) is 7.83. The zero-order chi connectivity index (χ0) is 8.81. The zero-order valence-corrected chi connectivity index (χ0v) is 9.12. The van der Waals surface area contributed by atoms with Gasteiger partial charge in [0, 0.05) is 18.3 Å². The lowest BCUT2D eigenvalue weighted by atomic mass is 10.0. The molecule has 0 bridgehead atoms. The molecule has 72 valence electrons. The molecule has 0 aromatic carbocycles. The van der Waals surface area contributed by atoms with Crippen LogP contribution < -0.4 is 5.32 Å². The minimum Gasteiger partial charge on any atom is -0.313 e. The van der Waals surface area contributed by atoms with E-state index in [0.717, 1.165) is 12.0 Å². The average molecular weight is 187 g/mol. The predicted molar refractivity (Wildman–Crippen MR) is 57.8 cm³/mol. The highest BCUT2D eigenvalue weighted by Crippen LogP contribution is 2.27. The van der Waals surface area contributed by atoms with Crippen LogP contribution in [0.5, 0.6) is 0 Å². The molecule has 2 heteroatoms. The first kappa shape index (κ1) is 10.4. The van der Waals surface area contributed by atoms with Crippen LogP contribution in [0.25, 0.3) is 0 Å². The maximum atomic E-state index is 3.66. The zero-order valence-electron chi connectivity index (χ0n) is 8.31. The van der Waals surface area contributed by atoms with Crippen LogP contribution in [0.4, 0.5) is 0 Å². The molecule has 0 amide bonds. The Morgan fingerprint density at radius 3 is 2.92 bits per heavy atom. The first-order valence-corrected chi connectivity index (χ1v) is 6.50. The third-order valence-corrected chi connectivity index (χ3v) is 3.51. The Morgan fingerprint density at radius 1 is 1.42 bits per heavy atom. The SMILES string of the molecule is CCC1CCCC1NCCSC. The first-order valence-electron chi connectivity index (χ1n) is 5.10. The third kappa shape index (κ3) is 2.98. The van der Waals surface area contributed by atoms with Crippen molar-refractivity contribution in [1.82, 2.24) is 5.32 Å². The van der Waals surface area contributed by atoms with Crippen LogP contribution in [-0.4, -0.2) is 24.6 Å². The van der Waals surface area contributed by atoms with Crippen molar-refractivity contribution in [1.29, 1.82) is 0 Å². The van der Waals surface area contributed by atoms with Gasteiger partial charge in [0.1, 0.15) is 0 Å². The Kier molecular flexibility index (Phi) is 5.08. The summed E-state index contributed by atoms with van der Waals surface area (Å²) in [5, 5.41) is 3.66. The van der Waals surface area contributed by atoms with Crippen molar-refractivity contribution in [2.24, 2.45) is 5.92 Å². The van der Waals surface area contributed by atoms with Crippen LogP contribution in [0.1, 0.15) is 32.6 Å². The molecule has 1 aliphatic rings. The molecule has 1 aliphatic carbocycles. The Bertz CT molecular complexity index is 116. The summed E-state index contributed by atoms with van der Waals surface area (Å²) in [7, 11) is 0. The topological polar surface area (TPSA) is 12.0 Å². The Hall–Kier alpha value is 0.310. The molecule has 2 unspecified atom stereocenters. The minimum absolute atomic E-state index is 0.835. The van der Waals surface area contributed by atoms with Crippen molar-refractivity contribution in [2.45, 2.75) is 38.6 Å². The number of nitrogens with one attached hydrogen (secondary N) is 1. The van der Waals surface area contributed by atoms with Crippen molar-refractivity contribution in [3.8, 4) is 0 Å². The molecule has 0 radical (unpaired) electrons. The fraction of sp³-hybridized carbons (Fsp3) is 1.00. The standard InChI is InChI=1S/C10H21NS/c1-3-9-5-4-6-10(9)11-7-8-12-2/h9-11H,3-8H2,1-2H3. The van der Waals surface area contributed by atoms with E-state index in [1.165, 1.54) is 38.0 Å². The highest BCUT2D eigenvalue weighted by atomic mass is 32.2. The minimum atomic E-state index is 0.835. The molecule has 0 aliphatic heterocycles. The molecular formula is C10H21NS. The van der Waals surface area contributed by atoms with Crippen LogP contribution >= 0.6 is 11.8 Å². The molecule has 1 nitrogen and oxygen atoms in total. The summed E-state index contributed by atoms with van der Waals surface area (Å²) in [4.78, 5) is 0. The van der Waals surface area contributed by atoms with Gasteiger partial charge < -0.3 is 5.32 Å². The highest BCUT2D eigenvalue weighted by molar-refractivity contribution is 7.98. The van der Waals surface area contributed by atoms with Gasteiger partial charge in [-0.25, -0.2) is 0 Å². The van der Waals surface area contributed by atoms with Crippen molar-refractivity contribution in [3.05, 3.63) is 0 Å². The summed E-state index contributed by atoms with van der Waals surface area (Å²) in [6, 6.07) is 0.835. The van der Waals surface area contributed by atoms with E-state index < -0.39 is 0 Å². The van der Waals surface area contributed by atoms with Crippen LogP contribution in [0.2, 0.25) is 0 Å². The first-order chi connectivity index (χ1) is 5.88. The number of hydrogen-bond donors (Lipinski definition) is 1. The average Bonchev–Trinajstić information content (AvgIpc) is 2.52. The molecule has 1 rings (SSSR count). The molecule has 12 heavy (non-hydrogen) atoms. The van der Waals surface area contributed by atoms with Crippen LogP contribution in [0.3, 0.4) is 0 Å². The van der Waals surface area contributed by atoms with E-state index >= 15 is 0 Å². The van der Waals surface area contributed by atoms with E-state index in [0.29, 0.717) is 0 Å². The van der Waals surface area contributed by atoms with Crippen molar-refractivity contribution in [3.63, 3.8) is 0 Å². The smallest absolute Gasteiger partial charge is 0.00955 e. The van der Waals surface area contributed by atoms with Crippen LogP contribution in [0.15, 0.2) is 0 Å². The number of rotatable bonds is 5. The Balaban J connectivity index is 2.12. The lowest BCUT2D eigenvalue weighted by Gasteiger charge is -2.19. The summed E-state index contributed by atoms with van der Waals surface area (Å²) in [5.41, 5.74) is 0. The van der Waals surface area contributed by atoms with E-state index in [2.05, 4.69) is 18.5 Å². The molecule has 0 saturated heterocycles.